The second-order valence-corrected chi connectivity index (χ2v) is 5.83. The van der Waals surface area contributed by atoms with Crippen LogP contribution in [0.15, 0.2) is 53.3 Å². The van der Waals surface area contributed by atoms with E-state index in [9.17, 15) is 14.4 Å². The lowest BCUT2D eigenvalue weighted by Gasteiger charge is -2.07. The van der Waals surface area contributed by atoms with Gasteiger partial charge >= 0.3 is 0 Å². The minimum Gasteiger partial charge on any atom is -0.360 e. The van der Waals surface area contributed by atoms with Crippen molar-refractivity contribution in [1.82, 2.24) is 10.1 Å². The molecule has 0 aliphatic rings. The molecule has 27 heavy (non-hydrogen) atoms. The summed E-state index contributed by atoms with van der Waals surface area (Å²) in [6.45, 7) is 3.17. The van der Waals surface area contributed by atoms with E-state index < -0.39 is 11.8 Å². The number of aromatic nitrogens is 2. The van der Waals surface area contributed by atoms with E-state index in [1.165, 1.54) is 25.4 Å². The summed E-state index contributed by atoms with van der Waals surface area (Å²) >= 11 is 0. The predicted octanol–water partition coefficient (Wildman–Crippen LogP) is 3.09. The highest BCUT2D eigenvalue weighted by molar-refractivity contribution is 6.08. The van der Waals surface area contributed by atoms with Crippen molar-refractivity contribution < 1.29 is 18.9 Å². The van der Waals surface area contributed by atoms with E-state index >= 15 is 0 Å². The number of ketones is 1. The van der Waals surface area contributed by atoms with Crippen molar-refractivity contribution in [2.75, 3.05) is 10.6 Å². The molecule has 0 radical (unpaired) electrons. The molecule has 2 amide bonds. The quantitative estimate of drug-likeness (QED) is 0.673. The van der Waals surface area contributed by atoms with Crippen LogP contribution < -0.4 is 10.6 Å². The first-order valence-electron chi connectivity index (χ1n) is 8.04. The zero-order chi connectivity index (χ0) is 19.4. The number of nitrogens with one attached hydrogen (secondary N) is 2. The Morgan fingerprint density at radius 2 is 1.52 bits per heavy atom. The number of hydrogen-bond donors (Lipinski definition) is 2. The molecule has 0 saturated carbocycles. The molecule has 0 bridgehead atoms. The largest absolute Gasteiger partial charge is 0.360 e. The van der Waals surface area contributed by atoms with Gasteiger partial charge in [-0.15, -0.1) is 0 Å². The average molecular weight is 364 g/mol. The summed E-state index contributed by atoms with van der Waals surface area (Å²) in [4.78, 5) is 39.9. The van der Waals surface area contributed by atoms with Crippen molar-refractivity contribution in [3.8, 4) is 0 Å². The second kappa shape index (κ2) is 7.61. The molecular weight excluding hydrogens is 348 g/mol. The molecule has 3 aromatic rings. The number of anilines is 2. The van der Waals surface area contributed by atoms with E-state index in [0.29, 0.717) is 17.0 Å². The van der Waals surface area contributed by atoms with Crippen molar-refractivity contribution in [3.63, 3.8) is 0 Å². The van der Waals surface area contributed by atoms with Gasteiger partial charge in [0.15, 0.2) is 11.6 Å². The Bertz CT molecular complexity index is 1010. The van der Waals surface area contributed by atoms with E-state index in [1.54, 1.807) is 37.3 Å². The van der Waals surface area contributed by atoms with Gasteiger partial charge in [0, 0.05) is 29.7 Å². The molecule has 136 valence electrons. The number of Topliss-reactive ketones (excluding diaryl/α,β-unsaturated/α-hetero) is 1. The molecule has 0 aliphatic carbocycles. The van der Waals surface area contributed by atoms with Gasteiger partial charge in [-0.2, -0.15) is 0 Å². The van der Waals surface area contributed by atoms with Gasteiger partial charge in [0.2, 0.25) is 0 Å². The summed E-state index contributed by atoms with van der Waals surface area (Å²) in [6.07, 6.45) is 2.71. The third kappa shape index (κ3) is 4.43. The number of carbonyl (C=O) groups excluding carboxylic acids is 3. The maximum atomic E-state index is 12.4. The number of hydrogen-bond acceptors (Lipinski definition) is 6. The van der Waals surface area contributed by atoms with Gasteiger partial charge in [-0.25, -0.2) is 0 Å². The van der Waals surface area contributed by atoms with Gasteiger partial charge in [0.05, 0.1) is 11.1 Å². The van der Waals surface area contributed by atoms with Crippen molar-refractivity contribution in [1.29, 1.82) is 0 Å². The molecule has 0 fully saturated rings. The number of nitrogens with zero attached hydrogens (tertiary/aromatic N) is 2. The normalized spacial score (nSPS) is 10.3. The molecule has 2 heterocycles. The standard InChI is InChI=1S/C19H16N4O4/c1-11-7-17(23-27-11)22-19(26)15-8-14(9-20-10-15)18(25)21-16-5-3-13(4-6-16)12(2)24/h3-10H,1-2H3,(H,21,25)(H,22,23,26). The van der Waals surface area contributed by atoms with Crippen molar-refractivity contribution in [3.05, 3.63) is 71.2 Å². The van der Waals surface area contributed by atoms with Crippen LogP contribution in [0.3, 0.4) is 0 Å². The van der Waals surface area contributed by atoms with Crippen LogP contribution in [0.4, 0.5) is 11.5 Å². The van der Waals surface area contributed by atoms with Gasteiger partial charge < -0.3 is 15.2 Å². The Morgan fingerprint density at radius 1 is 0.889 bits per heavy atom. The van der Waals surface area contributed by atoms with Crippen LogP contribution >= 0.6 is 0 Å². The Morgan fingerprint density at radius 3 is 2.07 bits per heavy atom. The SMILES string of the molecule is CC(=O)c1ccc(NC(=O)c2cncc(C(=O)Nc3cc(C)on3)c2)cc1. The number of amides is 2. The van der Waals surface area contributed by atoms with Crippen LogP contribution in [-0.4, -0.2) is 27.7 Å². The monoisotopic (exact) mass is 364 g/mol. The van der Waals surface area contributed by atoms with Gasteiger partial charge in [-0.3, -0.25) is 19.4 Å². The van der Waals surface area contributed by atoms with E-state index in [0.717, 1.165) is 0 Å². The molecule has 0 saturated heterocycles. The third-order valence-corrected chi connectivity index (χ3v) is 3.68. The minimum atomic E-state index is -0.462. The molecule has 8 nitrogen and oxygen atoms in total. The molecule has 0 spiro atoms. The van der Waals surface area contributed by atoms with Crippen LogP contribution in [0.2, 0.25) is 0 Å². The zero-order valence-electron chi connectivity index (χ0n) is 14.6. The van der Waals surface area contributed by atoms with E-state index in [-0.39, 0.29) is 22.7 Å². The molecule has 2 N–H and O–H groups in total. The summed E-state index contributed by atoms with van der Waals surface area (Å²) < 4.78 is 4.89. The highest BCUT2D eigenvalue weighted by Gasteiger charge is 2.13. The first kappa shape index (κ1) is 18.0. The fourth-order valence-corrected chi connectivity index (χ4v) is 2.29. The lowest BCUT2D eigenvalue weighted by atomic mass is 10.1. The van der Waals surface area contributed by atoms with E-state index in [1.807, 2.05) is 0 Å². The summed E-state index contributed by atoms with van der Waals surface area (Å²) in [7, 11) is 0. The lowest BCUT2D eigenvalue weighted by molar-refractivity contribution is 0.101. The first-order chi connectivity index (χ1) is 12.9. The van der Waals surface area contributed by atoms with Crippen LogP contribution in [-0.2, 0) is 0 Å². The van der Waals surface area contributed by atoms with Crippen molar-refractivity contribution in [2.24, 2.45) is 0 Å². The third-order valence-electron chi connectivity index (χ3n) is 3.68. The fraction of sp³-hybridized carbons (Fsp3) is 0.105. The molecule has 3 rings (SSSR count). The van der Waals surface area contributed by atoms with Crippen LogP contribution in [0.25, 0.3) is 0 Å². The average Bonchev–Trinajstić information content (AvgIpc) is 3.07. The molecule has 0 atom stereocenters. The Labute approximate surface area is 154 Å². The van der Waals surface area contributed by atoms with Gasteiger partial charge in [0.1, 0.15) is 5.76 Å². The molecular formula is C19H16N4O4. The maximum absolute atomic E-state index is 12.4. The second-order valence-electron chi connectivity index (χ2n) is 5.83. The van der Waals surface area contributed by atoms with Gasteiger partial charge in [-0.1, -0.05) is 5.16 Å². The zero-order valence-corrected chi connectivity index (χ0v) is 14.6. The Hall–Kier alpha value is -3.81. The number of rotatable bonds is 5. The minimum absolute atomic E-state index is 0.0573. The highest BCUT2D eigenvalue weighted by atomic mass is 16.5. The summed E-state index contributed by atoms with van der Waals surface area (Å²) in [5, 5.41) is 8.94. The molecule has 1 aromatic carbocycles. The maximum Gasteiger partial charge on any atom is 0.258 e. The molecule has 8 heteroatoms. The summed E-state index contributed by atoms with van der Waals surface area (Å²) in [5.41, 5.74) is 1.50. The summed E-state index contributed by atoms with van der Waals surface area (Å²) in [5.74, 6) is -0.107. The number of benzene rings is 1. The first-order valence-corrected chi connectivity index (χ1v) is 8.04. The van der Waals surface area contributed by atoms with Gasteiger partial charge in [-0.05, 0) is 44.2 Å². The fourth-order valence-electron chi connectivity index (χ4n) is 2.29. The smallest absolute Gasteiger partial charge is 0.258 e. The van der Waals surface area contributed by atoms with Crippen molar-refractivity contribution >= 4 is 29.1 Å². The predicted molar refractivity (Wildman–Crippen MR) is 97.8 cm³/mol. The van der Waals surface area contributed by atoms with Crippen LogP contribution in [0, 0.1) is 6.92 Å². The number of pyridine rings is 1. The molecule has 0 unspecified atom stereocenters. The highest BCUT2D eigenvalue weighted by Crippen LogP contribution is 2.13. The van der Waals surface area contributed by atoms with E-state index in [2.05, 4.69) is 20.8 Å². The topological polar surface area (TPSA) is 114 Å². The Balaban J connectivity index is 1.71. The number of carbonyl (C=O) groups is 3. The van der Waals surface area contributed by atoms with E-state index in [4.69, 9.17) is 4.52 Å². The molecule has 0 aliphatic heterocycles. The Kier molecular flexibility index (Phi) is 5.07. The van der Waals surface area contributed by atoms with Gasteiger partial charge in [0.25, 0.3) is 11.8 Å². The lowest BCUT2D eigenvalue weighted by Crippen LogP contribution is -2.16. The van der Waals surface area contributed by atoms with Crippen LogP contribution in [0.1, 0.15) is 43.8 Å². The van der Waals surface area contributed by atoms with Crippen molar-refractivity contribution in [2.45, 2.75) is 13.8 Å². The van der Waals surface area contributed by atoms with Crippen LogP contribution in [0.5, 0.6) is 0 Å². The summed E-state index contributed by atoms with van der Waals surface area (Å²) in [6, 6.07) is 9.51. The number of aryl methyl sites for hydroxylation is 1. The molecule has 2 aromatic heterocycles.